The van der Waals surface area contributed by atoms with Gasteiger partial charge in [-0.3, -0.25) is 4.72 Å². The molecule has 0 aromatic carbocycles. The normalized spacial score (nSPS) is 15.4. The maximum atomic E-state index is 11.2. The molecular formula is C12H18N2O4S. The highest BCUT2D eigenvalue weighted by molar-refractivity contribution is 7.92. The van der Waals surface area contributed by atoms with Crippen LogP contribution in [0.5, 0.6) is 11.6 Å². The highest BCUT2D eigenvalue weighted by Gasteiger charge is 2.24. The fourth-order valence-corrected chi connectivity index (χ4v) is 1.96. The molecule has 19 heavy (non-hydrogen) atoms. The summed E-state index contributed by atoms with van der Waals surface area (Å²) >= 11 is 0. The molecule has 0 saturated heterocycles. The van der Waals surface area contributed by atoms with Crippen LogP contribution in [-0.4, -0.2) is 31.9 Å². The minimum atomic E-state index is -3.38. The van der Waals surface area contributed by atoms with Crippen LogP contribution in [0.4, 0.5) is 5.82 Å². The van der Waals surface area contributed by atoms with Gasteiger partial charge in [0.05, 0.1) is 18.5 Å². The smallest absolute Gasteiger partial charge is 0.230 e. The van der Waals surface area contributed by atoms with Gasteiger partial charge in [0.25, 0.3) is 0 Å². The summed E-state index contributed by atoms with van der Waals surface area (Å²) in [6, 6.07) is 3.23. The number of hydrogen-bond acceptors (Lipinski definition) is 5. The predicted octanol–water partition coefficient (Wildman–Crippen LogP) is 1.78. The van der Waals surface area contributed by atoms with Gasteiger partial charge in [-0.2, -0.15) is 4.98 Å². The van der Waals surface area contributed by atoms with Crippen LogP contribution in [-0.2, 0) is 10.0 Å². The number of hydrogen-bond donors (Lipinski definition) is 1. The van der Waals surface area contributed by atoms with Crippen LogP contribution in [0.2, 0.25) is 0 Å². The summed E-state index contributed by atoms with van der Waals surface area (Å²) in [6.45, 7) is 3.75. The van der Waals surface area contributed by atoms with E-state index in [0.29, 0.717) is 11.6 Å². The second kappa shape index (κ2) is 5.24. The van der Waals surface area contributed by atoms with Crippen molar-refractivity contribution in [2.45, 2.75) is 38.9 Å². The van der Waals surface area contributed by atoms with Gasteiger partial charge in [0.15, 0.2) is 0 Å². The van der Waals surface area contributed by atoms with Gasteiger partial charge in [0, 0.05) is 12.1 Å². The average molecular weight is 286 g/mol. The Balaban J connectivity index is 2.24. The van der Waals surface area contributed by atoms with Crippen molar-refractivity contribution in [3.05, 3.63) is 12.1 Å². The van der Waals surface area contributed by atoms with Crippen LogP contribution >= 0.6 is 0 Å². The Hall–Kier alpha value is -1.50. The highest BCUT2D eigenvalue weighted by atomic mass is 32.2. The second-order valence-corrected chi connectivity index (χ2v) is 6.63. The van der Waals surface area contributed by atoms with E-state index in [9.17, 15) is 8.42 Å². The third-order valence-corrected chi connectivity index (χ3v) is 2.83. The molecule has 1 aliphatic rings. The molecule has 1 aromatic heterocycles. The SMILES string of the molecule is CC(C)Oc1cc(OC2CC2)cc(NS(C)(=O)=O)n1. The molecule has 1 heterocycles. The summed E-state index contributed by atoms with van der Waals surface area (Å²) in [4.78, 5) is 4.09. The molecule has 2 rings (SSSR count). The summed E-state index contributed by atoms with van der Waals surface area (Å²) in [6.07, 6.45) is 3.30. The van der Waals surface area contributed by atoms with Crippen LogP contribution in [0.3, 0.4) is 0 Å². The van der Waals surface area contributed by atoms with Crippen molar-refractivity contribution in [2.75, 3.05) is 11.0 Å². The number of anilines is 1. The average Bonchev–Trinajstić information content (AvgIpc) is 2.96. The Morgan fingerprint density at radius 1 is 1.37 bits per heavy atom. The summed E-state index contributed by atoms with van der Waals surface area (Å²) in [5, 5.41) is 0. The fraction of sp³-hybridized carbons (Fsp3) is 0.583. The number of aromatic nitrogens is 1. The molecule has 6 nitrogen and oxygen atoms in total. The van der Waals surface area contributed by atoms with E-state index in [4.69, 9.17) is 9.47 Å². The maximum Gasteiger partial charge on any atom is 0.230 e. The molecule has 1 saturated carbocycles. The van der Waals surface area contributed by atoms with E-state index in [-0.39, 0.29) is 18.0 Å². The first-order valence-electron chi connectivity index (χ1n) is 6.15. The Labute approximate surface area is 113 Å². The third kappa shape index (κ3) is 4.94. The van der Waals surface area contributed by atoms with Crippen molar-refractivity contribution in [1.29, 1.82) is 0 Å². The Morgan fingerprint density at radius 3 is 2.58 bits per heavy atom. The zero-order chi connectivity index (χ0) is 14.0. The Bertz CT molecular complexity index is 531. The van der Waals surface area contributed by atoms with Gasteiger partial charge in [-0.15, -0.1) is 0 Å². The summed E-state index contributed by atoms with van der Waals surface area (Å²) in [5.74, 6) is 1.12. The number of rotatable bonds is 6. The molecule has 1 aliphatic carbocycles. The molecule has 106 valence electrons. The summed E-state index contributed by atoms with van der Waals surface area (Å²) < 4.78 is 36.0. The first-order chi connectivity index (χ1) is 8.82. The van der Waals surface area contributed by atoms with Crippen LogP contribution in [0, 0.1) is 0 Å². The number of ether oxygens (including phenoxy) is 2. The van der Waals surface area contributed by atoms with Gasteiger partial charge in [-0.25, -0.2) is 8.42 Å². The minimum Gasteiger partial charge on any atom is -0.490 e. The van der Waals surface area contributed by atoms with Gasteiger partial charge < -0.3 is 9.47 Å². The van der Waals surface area contributed by atoms with E-state index in [1.54, 1.807) is 12.1 Å². The highest BCUT2D eigenvalue weighted by Crippen LogP contribution is 2.30. The molecule has 1 aromatic rings. The van der Waals surface area contributed by atoms with Gasteiger partial charge in [0.2, 0.25) is 15.9 Å². The van der Waals surface area contributed by atoms with Crippen LogP contribution < -0.4 is 14.2 Å². The molecule has 0 amide bonds. The lowest BCUT2D eigenvalue weighted by Crippen LogP contribution is -2.13. The number of nitrogens with one attached hydrogen (secondary N) is 1. The van der Waals surface area contributed by atoms with E-state index in [0.717, 1.165) is 19.1 Å². The fourth-order valence-electron chi connectivity index (χ4n) is 1.47. The molecule has 0 bridgehead atoms. The molecule has 0 unspecified atom stereocenters. The monoisotopic (exact) mass is 286 g/mol. The van der Waals surface area contributed by atoms with Crippen molar-refractivity contribution in [2.24, 2.45) is 0 Å². The quantitative estimate of drug-likeness (QED) is 0.862. The van der Waals surface area contributed by atoms with Crippen LogP contribution in [0.25, 0.3) is 0 Å². The van der Waals surface area contributed by atoms with Gasteiger partial charge in [-0.1, -0.05) is 0 Å². The lowest BCUT2D eigenvalue weighted by atomic mass is 10.4. The molecule has 0 aliphatic heterocycles. The first-order valence-corrected chi connectivity index (χ1v) is 8.04. The molecule has 7 heteroatoms. The topological polar surface area (TPSA) is 77.5 Å². The van der Waals surface area contributed by atoms with E-state index in [1.165, 1.54) is 0 Å². The standard InChI is InChI=1S/C12H18N2O4S/c1-8(2)17-12-7-10(18-9-4-5-9)6-11(13-12)14-19(3,15)16/h6-9H,4-5H2,1-3H3,(H,13,14). The van der Waals surface area contributed by atoms with Crippen molar-refractivity contribution >= 4 is 15.8 Å². The van der Waals surface area contributed by atoms with E-state index >= 15 is 0 Å². The van der Waals surface area contributed by atoms with Crippen molar-refractivity contribution < 1.29 is 17.9 Å². The van der Waals surface area contributed by atoms with Crippen molar-refractivity contribution in [3.8, 4) is 11.6 Å². The van der Waals surface area contributed by atoms with Crippen LogP contribution in [0.1, 0.15) is 26.7 Å². The molecule has 0 radical (unpaired) electrons. The van der Waals surface area contributed by atoms with E-state index in [2.05, 4.69) is 9.71 Å². The summed E-state index contributed by atoms with van der Waals surface area (Å²) in [7, 11) is -3.38. The Kier molecular flexibility index (Phi) is 3.84. The largest absolute Gasteiger partial charge is 0.490 e. The number of nitrogens with zero attached hydrogens (tertiary/aromatic N) is 1. The minimum absolute atomic E-state index is 0.0465. The molecule has 1 N–H and O–H groups in total. The van der Waals surface area contributed by atoms with Gasteiger partial charge in [-0.05, 0) is 26.7 Å². The number of pyridine rings is 1. The Morgan fingerprint density at radius 2 is 2.05 bits per heavy atom. The second-order valence-electron chi connectivity index (χ2n) is 4.88. The van der Waals surface area contributed by atoms with E-state index in [1.807, 2.05) is 13.8 Å². The van der Waals surface area contributed by atoms with E-state index < -0.39 is 10.0 Å². The molecular weight excluding hydrogens is 268 g/mol. The van der Waals surface area contributed by atoms with Crippen molar-refractivity contribution in [1.82, 2.24) is 4.98 Å². The predicted molar refractivity (Wildman–Crippen MR) is 72.1 cm³/mol. The van der Waals surface area contributed by atoms with Crippen LogP contribution in [0.15, 0.2) is 12.1 Å². The van der Waals surface area contributed by atoms with Crippen molar-refractivity contribution in [3.63, 3.8) is 0 Å². The third-order valence-electron chi connectivity index (χ3n) is 2.25. The zero-order valence-electron chi connectivity index (χ0n) is 11.2. The molecule has 0 spiro atoms. The number of sulfonamides is 1. The summed E-state index contributed by atoms with van der Waals surface area (Å²) in [5.41, 5.74) is 0. The first kappa shape index (κ1) is 13.9. The molecule has 0 atom stereocenters. The maximum absolute atomic E-state index is 11.2. The molecule has 1 fully saturated rings. The zero-order valence-corrected chi connectivity index (χ0v) is 12.0. The lowest BCUT2D eigenvalue weighted by Gasteiger charge is -2.13. The van der Waals surface area contributed by atoms with Gasteiger partial charge in [0.1, 0.15) is 11.6 Å². The van der Waals surface area contributed by atoms with Gasteiger partial charge >= 0.3 is 0 Å². The lowest BCUT2D eigenvalue weighted by molar-refractivity contribution is 0.230.